The van der Waals surface area contributed by atoms with Gasteiger partial charge in [0.15, 0.2) is 0 Å². The maximum absolute atomic E-state index is 13.3. The van der Waals surface area contributed by atoms with Gasteiger partial charge in [-0.05, 0) is 55.0 Å². The van der Waals surface area contributed by atoms with E-state index in [0.29, 0.717) is 18.4 Å². The van der Waals surface area contributed by atoms with Crippen LogP contribution in [0.15, 0.2) is 47.4 Å². The summed E-state index contributed by atoms with van der Waals surface area (Å²) in [5.74, 6) is 0.947. The van der Waals surface area contributed by atoms with E-state index in [0.717, 1.165) is 43.6 Å². The minimum Gasteiger partial charge on any atom is -0.339 e. The Kier molecular flexibility index (Phi) is 7.09. The number of nitrogens with zero attached hydrogens (tertiary/aromatic N) is 4. The van der Waals surface area contributed by atoms with E-state index in [4.69, 9.17) is 0 Å². The predicted octanol–water partition coefficient (Wildman–Crippen LogP) is 3.55. The lowest BCUT2D eigenvalue weighted by atomic mass is 9.87. The second-order valence-corrected chi connectivity index (χ2v) is 11.4. The smallest absolute Gasteiger partial charge is 0.242 e. The number of hydrogen-bond donors (Lipinski definition) is 0. The van der Waals surface area contributed by atoms with E-state index >= 15 is 0 Å². The number of benzene rings is 2. The molecule has 0 aliphatic heterocycles. The van der Waals surface area contributed by atoms with Gasteiger partial charge in [0.1, 0.15) is 5.82 Å². The van der Waals surface area contributed by atoms with Crippen LogP contribution in [0.2, 0.25) is 0 Å². The van der Waals surface area contributed by atoms with Crippen molar-refractivity contribution in [3.8, 4) is 0 Å². The Bertz CT molecular complexity index is 1300. The molecule has 4 rings (SSSR count). The first-order chi connectivity index (χ1) is 16.2. The summed E-state index contributed by atoms with van der Waals surface area (Å²) in [5, 5.41) is 0. The molecule has 0 bridgehead atoms. The Morgan fingerprint density at radius 1 is 1.15 bits per heavy atom. The van der Waals surface area contributed by atoms with E-state index in [2.05, 4.69) is 41.1 Å². The number of hydrogen-bond acceptors (Lipinski definition) is 4. The molecule has 0 fully saturated rings. The van der Waals surface area contributed by atoms with Gasteiger partial charge < -0.3 is 9.47 Å². The molecule has 1 aliphatic rings. The number of aryl methyl sites for hydroxylation is 3. The third kappa shape index (κ3) is 4.74. The maximum Gasteiger partial charge on any atom is 0.242 e. The summed E-state index contributed by atoms with van der Waals surface area (Å²) in [6.07, 6.45) is 4.76. The Hall–Kier alpha value is -2.71. The average Bonchev–Trinajstić information content (AvgIpc) is 3.15. The molecule has 1 atom stereocenters. The first kappa shape index (κ1) is 24.4. The van der Waals surface area contributed by atoms with Gasteiger partial charge in [-0.3, -0.25) is 4.79 Å². The predicted molar refractivity (Wildman–Crippen MR) is 134 cm³/mol. The molecule has 0 N–H and O–H groups in total. The molecule has 3 aromatic rings. The summed E-state index contributed by atoms with van der Waals surface area (Å²) in [7, 11) is 1.42. The Labute approximate surface area is 202 Å². The number of imidazole rings is 1. The van der Waals surface area contributed by atoms with Crippen molar-refractivity contribution in [3.05, 3.63) is 59.4 Å². The molecule has 1 aromatic heterocycles. The Morgan fingerprint density at radius 2 is 1.88 bits per heavy atom. The van der Waals surface area contributed by atoms with E-state index in [-0.39, 0.29) is 16.8 Å². The molecule has 1 unspecified atom stereocenters. The van der Waals surface area contributed by atoms with Crippen molar-refractivity contribution in [1.82, 2.24) is 18.8 Å². The molecule has 0 saturated carbocycles. The summed E-state index contributed by atoms with van der Waals surface area (Å²) >= 11 is 0. The van der Waals surface area contributed by atoms with Gasteiger partial charge >= 0.3 is 0 Å². The van der Waals surface area contributed by atoms with Gasteiger partial charge in [-0.2, -0.15) is 0 Å². The van der Waals surface area contributed by atoms with Crippen LogP contribution in [0.5, 0.6) is 0 Å². The van der Waals surface area contributed by atoms with Crippen molar-refractivity contribution in [2.24, 2.45) is 7.05 Å². The standard InChI is InChI=1S/C26H34N4O3S/c1-5-16-30(21-11-10-19-8-6-7-9-20(19)17-21)26(31)15-14-25-27-23-18-22(34(32,33)28(2)3)12-13-24(23)29(25)4/h6-9,12-13,18,21H,5,10-11,14-17H2,1-4H3. The molecule has 7 nitrogen and oxygen atoms in total. The van der Waals surface area contributed by atoms with Crippen LogP contribution in [0.4, 0.5) is 0 Å². The van der Waals surface area contributed by atoms with Crippen LogP contribution in [-0.2, 0) is 41.1 Å². The summed E-state index contributed by atoms with van der Waals surface area (Å²) in [6.45, 7) is 2.88. The molecule has 182 valence electrons. The van der Waals surface area contributed by atoms with Crippen molar-refractivity contribution in [2.45, 2.75) is 56.4 Å². The highest BCUT2D eigenvalue weighted by molar-refractivity contribution is 7.89. The minimum atomic E-state index is -3.53. The topological polar surface area (TPSA) is 75.5 Å². The highest BCUT2D eigenvalue weighted by Gasteiger charge is 2.27. The second-order valence-electron chi connectivity index (χ2n) is 9.28. The molecular weight excluding hydrogens is 448 g/mol. The van der Waals surface area contributed by atoms with Crippen LogP contribution in [-0.4, -0.2) is 59.8 Å². The van der Waals surface area contributed by atoms with E-state index < -0.39 is 10.0 Å². The summed E-state index contributed by atoms with van der Waals surface area (Å²) in [4.78, 5) is 20.3. The number of carbonyl (C=O) groups excluding carboxylic acids is 1. The molecule has 0 radical (unpaired) electrons. The number of amides is 1. The summed E-state index contributed by atoms with van der Waals surface area (Å²) in [5.41, 5.74) is 4.24. The van der Waals surface area contributed by atoms with Gasteiger partial charge in [-0.15, -0.1) is 0 Å². The maximum atomic E-state index is 13.3. The van der Waals surface area contributed by atoms with Gasteiger partial charge in [-0.25, -0.2) is 17.7 Å². The normalized spacial score (nSPS) is 16.1. The molecule has 0 spiro atoms. The van der Waals surface area contributed by atoms with Crippen molar-refractivity contribution in [2.75, 3.05) is 20.6 Å². The van der Waals surface area contributed by atoms with Crippen LogP contribution >= 0.6 is 0 Å². The quantitative estimate of drug-likeness (QED) is 0.492. The van der Waals surface area contributed by atoms with Gasteiger partial charge in [-0.1, -0.05) is 31.2 Å². The van der Waals surface area contributed by atoms with Crippen molar-refractivity contribution >= 4 is 27.0 Å². The first-order valence-corrected chi connectivity index (χ1v) is 13.4. The fourth-order valence-electron chi connectivity index (χ4n) is 4.88. The molecule has 2 aromatic carbocycles. The molecule has 8 heteroatoms. The third-order valence-electron chi connectivity index (χ3n) is 6.83. The zero-order valence-corrected chi connectivity index (χ0v) is 21.3. The summed E-state index contributed by atoms with van der Waals surface area (Å²) in [6, 6.07) is 13.8. The molecule has 1 heterocycles. The number of aromatic nitrogens is 2. The number of carbonyl (C=O) groups is 1. The molecule has 1 amide bonds. The fraction of sp³-hybridized carbons (Fsp3) is 0.462. The lowest BCUT2D eigenvalue weighted by molar-refractivity contribution is -0.133. The first-order valence-electron chi connectivity index (χ1n) is 12.0. The number of rotatable bonds is 8. The second kappa shape index (κ2) is 9.88. The SMILES string of the molecule is CCCN(C(=O)CCc1nc2cc(S(=O)(=O)N(C)C)ccc2n1C)C1CCc2ccccc2C1. The van der Waals surface area contributed by atoms with Crippen LogP contribution in [0.1, 0.15) is 43.1 Å². The molecule has 0 saturated heterocycles. The molecular formula is C26H34N4O3S. The molecule has 34 heavy (non-hydrogen) atoms. The van der Waals surface area contributed by atoms with Gasteiger partial charge in [0, 0.05) is 46.6 Å². The zero-order chi connectivity index (χ0) is 24.5. The molecule has 1 aliphatic carbocycles. The van der Waals surface area contributed by atoms with Crippen molar-refractivity contribution in [1.29, 1.82) is 0 Å². The fourth-order valence-corrected chi connectivity index (χ4v) is 5.81. The lowest BCUT2D eigenvalue weighted by Gasteiger charge is -2.35. The van der Waals surface area contributed by atoms with E-state index in [1.165, 1.54) is 29.5 Å². The van der Waals surface area contributed by atoms with E-state index in [9.17, 15) is 13.2 Å². The van der Waals surface area contributed by atoms with E-state index in [1.807, 2.05) is 11.6 Å². The van der Waals surface area contributed by atoms with Gasteiger partial charge in [0.05, 0.1) is 15.9 Å². The van der Waals surface area contributed by atoms with Crippen molar-refractivity contribution in [3.63, 3.8) is 0 Å². The van der Waals surface area contributed by atoms with Gasteiger partial charge in [0.2, 0.25) is 15.9 Å². The van der Waals surface area contributed by atoms with Crippen molar-refractivity contribution < 1.29 is 13.2 Å². The Morgan fingerprint density at radius 3 is 2.59 bits per heavy atom. The highest BCUT2D eigenvalue weighted by Crippen LogP contribution is 2.26. The Balaban J connectivity index is 1.49. The van der Waals surface area contributed by atoms with Crippen LogP contribution in [0, 0.1) is 0 Å². The van der Waals surface area contributed by atoms with E-state index in [1.54, 1.807) is 18.2 Å². The van der Waals surface area contributed by atoms with Crippen LogP contribution in [0.3, 0.4) is 0 Å². The highest BCUT2D eigenvalue weighted by atomic mass is 32.2. The van der Waals surface area contributed by atoms with Crippen LogP contribution < -0.4 is 0 Å². The monoisotopic (exact) mass is 482 g/mol. The van der Waals surface area contributed by atoms with Crippen LogP contribution in [0.25, 0.3) is 11.0 Å². The van der Waals surface area contributed by atoms with Gasteiger partial charge in [0.25, 0.3) is 0 Å². The minimum absolute atomic E-state index is 0.161. The average molecular weight is 483 g/mol. The summed E-state index contributed by atoms with van der Waals surface area (Å²) < 4.78 is 28.1. The zero-order valence-electron chi connectivity index (χ0n) is 20.5. The number of fused-ring (bicyclic) bond motifs is 2. The lowest BCUT2D eigenvalue weighted by Crippen LogP contribution is -2.44. The largest absolute Gasteiger partial charge is 0.339 e. The third-order valence-corrected chi connectivity index (χ3v) is 8.64. The number of sulfonamides is 1.